The van der Waals surface area contributed by atoms with E-state index in [1.807, 2.05) is 26.0 Å². The first-order chi connectivity index (χ1) is 17.2. The summed E-state index contributed by atoms with van der Waals surface area (Å²) in [6, 6.07) is 14.6. The average Bonchev–Trinajstić information content (AvgIpc) is 3.10. The van der Waals surface area contributed by atoms with Gasteiger partial charge in [-0.2, -0.15) is 0 Å². The number of aryl methyl sites for hydroxylation is 1. The van der Waals surface area contributed by atoms with E-state index in [2.05, 4.69) is 15.9 Å². The molecule has 2 heterocycles. The Kier molecular flexibility index (Phi) is 5.83. The Morgan fingerprint density at radius 2 is 1.69 bits per heavy atom. The van der Waals surface area contributed by atoms with Gasteiger partial charge in [-0.05, 0) is 61.4 Å². The molecule has 9 nitrogen and oxygen atoms in total. The van der Waals surface area contributed by atoms with Crippen LogP contribution in [0.1, 0.15) is 44.8 Å². The summed E-state index contributed by atoms with van der Waals surface area (Å²) in [4.78, 5) is 53.5. The van der Waals surface area contributed by atoms with Gasteiger partial charge < -0.3 is 9.64 Å². The third kappa shape index (κ3) is 3.56. The normalized spacial score (nSPS) is 18.8. The number of carbonyl (C=O) groups excluding carboxylic acids is 3. The number of anilines is 1. The van der Waals surface area contributed by atoms with E-state index in [4.69, 9.17) is 4.74 Å². The Labute approximate surface area is 214 Å². The largest absolute Gasteiger partial charge is 0.494 e. The van der Waals surface area contributed by atoms with Gasteiger partial charge >= 0.3 is 0 Å². The zero-order valence-electron chi connectivity index (χ0n) is 19.3. The fraction of sp³-hybridized carbons (Fsp3) is 0.192. The molecule has 1 fully saturated rings. The van der Waals surface area contributed by atoms with E-state index in [0.717, 1.165) is 14.9 Å². The molecular weight excluding hydrogens is 530 g/mol. The van der Waals surface area contributed by atoms with Gasteiger partial charge in [0, 0.05) is 16.2 Å². The van der Waals surface area contributed by atoms with Crippen LogP contribution in [0.4, 0.5) is 11.4 Å². The van der Waals surface area contributed by atoms with Gasteiger partial charge in [0.25, 0.3) is 23.4 Å². The summed E-state index contributed by atoms with van der Waals surface area (Å²) in [7, 11) is 0. The second-order valence-electron chi connectivity index (χ2n) is 8.47. The number of benzene rings is 3. The van der Waals surface area contributed by atoms with Crippen LogP contribution in [-0.2, 0) is 4.79 Å². The Morgan fingerprint density at radius 1 is 0.972 bits per heavy atom. The maximum Gasteiger partial charge on any atom is 0.282 e. The molecule has 36 heavy (non-hydrogen) atoms. The van der Waals surface area contributed by atoms with Gasteiger partial charge in [0.1, 0.15) is 17.4 Å². The highest BCUT2D eigenvalue weighted by Crippen LogP contribution is 2.45. The molecule has 0 aromatic heterocycles. The van der Waals surface area contributed by atoms with Crippen molar-refractivity contribution < 1.29 is 24.0 Å². The van der Waals surface area contributed by atoms with E-state index in [1.54, 1.807) is 30.3 Å². The molecule has 0 unspecified atom stereocenters. The third-order valence-corrected chi connectivity index (χ3v) is 7.31. The Hall–Kier alpha value is -4.05. The third-order valence-electron chi connectivity index (χ3n) is 6.42. The molecule has 0 saturated carbocycles. The fourth-order valence-corrected chi connectivity index (χ4v) is 4.99. The molecule has 0 bridgehead atoms. The first-order valence-electron chi connectivity index (χ1n) is 11.2. The number of hydrogen-bond donors (Lipinski definition) is 0. The van der Waals surface area contributed by atoms with Crippen LogP contribution in [0, 0.1) is 17.0 Å². The number of nitro benzene ring substituents is 1. The number of amides is 3. The van der Waals surface area contributed by atoms with Gasteiger partial charge in [-0.25, -0.2) is 0 Å². The highest BCUT2D eigenvalue weighted by molar-refractivity contribution is 9.10. The molecule has 182 valence electrons. The van der Waals surface area contributed by atoms with Crippen molar-refractivity contribution in [3.05, 3.63) is 97.5 Å². The maximum absolute atomic E-state index is 13.6. The second-order valence-corrected chi connectivity index (χ2v) is 9.32. The Balaban J connectivity index is 1.59. The summed E-state index contributed by atoms with van der Waals surface area (Å²) in [6.45, 7) is 4.25. The number of ether oxygens (including phenoxy) is 1. The van der Waals surface area contributed by atoms with Gasteiger partial charge in [-0.1, -0.05) is 34.1 Å². The van der Waals surface area contributed by atoms with Crippen LogP contribution in [0.15, 0.2) is 65.1 Å². The number of nitrogens with zero attached hydrogens (tertiary/aromatic N) is 3. The summed E-state index contributed by atoms with van der Waals surface area (Å²) in [5.74, 6) is -1.37. The van der Waals surface area contributed by atoms with Gasteiger partial charge in [0.15, 0.2) is 0 Å². The summed E-state index contributed by atoms with van der Waals surface area (Å²) < 4.78 is 6.40. The minimum absolute atomic E-state index is 0.0784. The van der Waals surface area contributed by atoms with E-state index in [-0.39, 0.29) is 11.1 Å². The summed E-state index contributed by atoms with van der Waals surface area (Å²) in [5, 5.41) is 11.5. The second kappa shape index (κ2) is 8.87. The summed E-state index contributed by atoms with van der Waals surface area (Å²) in [6.07, 6.45) is 0. The van der Waals surface area contributed by atoms with Crippen LogP contribution in [0.25, 0.3) is 0 Å². The van der Waals surface area contributed by atoms with E-state index < -0.39 is 40.4 Å². The number of β-lactam (4-membered cyclic amide) rings is 1. The molecule has 10 heteroatoms. The molecule has 1 saturated heterocycles. The van der Waals surface area contributed by atoms with Gasteiger partial charge in [-0.15, -0.1) is 0 Å². The molecule has 0 N–H and O–H groups in total. The molecule has 0 radical (unpaired) electrons. The minimum atomic E-state index is -1.15. The predicted molar refractivity (Wildman–Crippen MR) is 134 cm³/mol. The number of halogens is 1. The number of carbonyl (C=O) groups is 3. The van der Waals surface area contributed by atoms with Crippen molar-refractivity contribution in [1.82, 2.24) is 4.90 Å². The molecule has 5 rings (SSSR count). The number of hydrogen-bond acceptors (Lipinski definition) is 6. The first-order valence-corrected chi connectivity index (χ1v) is 12.0. The molecular formula is C26H20BrN3O6. The molecule has 0 aliphatic carbocycles. The van der Waals surface area contributed by atoms with Gasteiger partial charge in [-0.3, -0.25) is 29.4 Å². The van der Waals surface area contributed by atoms with E-state index in [9.17, 15) is 24.5 Å². The quantitative estimate of drug-likeness (QED) is 0.189. The summed E-state index contributed by atoms with van der Waals surface area (Å²) >= 11 is 3.46. The molecule has 2 aliphatic heterocycles. The van der Waals surface area contributed by atoms with Gasteiger partial charge in [0.05, 0.1) is 23.1 Å². The van der Waals surface area contributed by atoms with E-state index in [0.29, 0.717) is 23.6 Å². The highest BCUT2D eigenvalue weighted by atomic mass is 79.9. The van der Waals surface area contributed by atoms with Crippen molar-refractivity contribution >= 4 is 45.0 Å². The fourth-order valence-electron chi connectivity index (χ4n) is 4.74. The van der Waals surface area contributed by atoms with Crippen molar-refractivity contribution in [2.75, 3.05) is 11.5 Å². The monoisotopic (exact) mass is 549 g/mol. The number of nitro groups is 1. The van der Waals surface area contributed by atoms with Crippen molar-refractivity contribution in [2.24, 2.45) is 0 Å². The zero-order valence-corrected chi connectivity index (χ0v) is 20.9. The first kappa shape index (κ1) is 23.7. The lowest BCUT2D eigenvalue weighted by atomic mass is 9.86. The number of imide groups is 1. The van der Waals surface area contributed by atoms with E-state index >= 15 is 0 Å². The molecule has 0 spiro atoms. The molecule has 3 aromatic carbocycles. The van der Waals surface area contributed by atoms with Crippen LogP contribution in [-0.4, -0.2) is 40.2 Å². The SMILES string of the molecule is CCOc1ccc([C@H]2[C@@H](N3C(=O)c4cccc([N+](=O)[O-])c4C3=O)C(=O)N2c2ccc(Br)c(C)c2)cc1. The molecule has 3 aromatic rings. The lowest BCUT2D eigenvalue weighted by molar-refractivity contribution is -0.385. The van der Waals surface area contributed by atoms with E-state index in [1.165, 1.54) is 23.1 Å². The topological polar surface area (TPSA) is 110 Å². The Morgan fingerprint density at radius 3 is 2.33 bits per heavy atom. The summed E-state index contributed by atoms with van der Waals surface area (Å²) in [5.41, 5.74) is 1.38. The maximum atomic E-state index is 13.6. The molecule has 2 atom stereocenters. The zero-order chi connectivity index (χ0) is 25.7. The number of fused-ring (bicyclic) bond motifs is 1. The van der Waals surface area contributed by atoms with Crippen molar-refractivity contribution in [3.8, 4) is 5.75 Å². The van der Waals surface area contributed by atoms with Crippen LogP contribution < -0.4 is 9.64 Å². The van der Waals surface area contributed by atoms with Crippen molar-refractivity contribution in [1.29, 1.82) is 0 Å². The van der Waals surface area contributed by atoms with Crippen molar-refractivity contribution in [3.63, 3.8) is 0 Å². The highest BCUT2D eigenvalue weighted by Gasteiger charge is 2.58. The van der Waals surface area contributed by atoms with Gasteiger partial charge in [0.2, 0.25) is 0 Å². The van der Waals surface area contributed by atoms with Crippen LogP contribution >= 0.6 is 15.9 Å². The molecule has 3 amide bonds. The average molecular weight is 550 g/mol. The van der Waals surface area contributed by atoms with Crippen LogP contribution in [0.5, 0.6) is 5.75 Å². The van der Waals surface area contributed by atoms with Crippen LogP contribution in [0.2, 0.25) is 0 Å². The Bertz CT molecular complexity index is 1440. The predicted octanol–water partition coefficient (Wildman–Crippen LogP) is 4.82. The smallest absolute Gasteiger partial charge is 0.282 e. The van der Waals surface area contributed by atoms with Crippen molar-refractivity contribution in [2.45, 2.75) is 25.9 Å². The molecule has 2 aliphatic rings. The standard InChI is InChI=1S/C26H20BrN3O6/c1-3-36-17-10-7-15(8-11-17)22-23(26(33)28(22)16-9-12-19(27)14(2)13-16)29-24(31)18-5-4-6-20(30(34)35)21(18)25(29)32/h4-13,22-23H,3H2,1-2H3/t22-,23+/m0/s1. The number of rotatable bonds is 6. The van der Waals surface area contributed by atoms with Crippen LogP contribution in [0.3, 0.4) is 0 Å². The minimum Gasteiger partial charge on any atom is -0.494 e. The lowest BCUT2D eigenvalue weighted by Gasteiger charge is -2.49. The lowest BCUT2D eigenvalue weighted by Crippen LogP contribution is -2.67.